The largest absolute Gasteiger partial charge is 0.460 e. The fourth-order valence-corrected chi connectivity index (χ4v) is 4.15. The van der Waals surface area contributed by atoms with E-state index in [1.54, 1.807) is 62.4 Å². The van der Waals surface area contributed by atoms with Gasteiger partial charge in [0.15, 0.2) is 0 Å². The van der Waals surface area contributed by atoms with E-state index < -0.39 is 29.7 Å². The van der Waals surface area contributed by atoms with Gasteiger partial charge in [0.1, 0.15) is 29.4 Å². The van der Waals surface area contributed by atoms with E-state index in [0.717, 1.165) is 4.90 Å². The molecular weight excluding hydrogens is 462 g/mol. The minimum atomic E-state index is -1.14. The average Bonchev–Trinajstić information content (AvgIpc) is 3.12. The predicted octanol–water partition coefficient (Wildman–Crippen LogP) is 4.81. The van der Waals surface area contributed by atoms with Crippen molar-refractivity contribution in [2.45, 2.75) is 19.9 Å². The molecule has 180 valence electrons. The van der Waals surface area contributed by atoms with Crippen LogP contribution in [0.25, 0.3) is 11.0 Å². The third kappa shape index (κ3) is 4.02. The van der Waals surface area contributed by atoms with Gasteiger partial charge in [-0.15, -0.1) is 0 Å². The van der Waals surface area contributed by atoms with Crippen LogP contribution in [0.3, 0.4) is 0 Å². The van der Waals surface area contributed by atoms with Crippen LogP contribution in [-0.2, 0) is 4.79 Å². The maximum atomic E-state index is 13.2. The first-order chi connectivity index (χ1) is 17.3. The zero-order valence-corrected chi connectivity index (χ0v) is 19.5. The number of benzene rings is 3. The van der Waals surface area contributed by atoms with Gasteiger partial charge in [-0.25, -0.2) is 4.79 Å². The molecule has 4 aromatic rings. The molecule has 0 radical (unpaired) electrons. The normalized spacial score (nSPS) is 13.7. The van der Waals surface area contributed by atoms with Crippen molar-refractivity contribution < 1.29 is 28.3 Å². The number of fused-ring (bicyclic) bond motifs is 2. The van der Waals surface area contributed by atoms with Crippen molar-refractivity contribution in [2.24, 2.45) is 5.92 Å². The molecule has 1 atom stereocenters. The van der Waals surface area contributed by atoms with E-state index in [0.29, 0.717) is 5.75 Å². The molecule has 1 aromatic heterocycles. The lowest BCUT2D eigenvalue weighted by molar-refractivity contribution is -0.140. The van der Waals surface area contributed by atoms with Crippen molar-refractivity contribution in [3.63, 3.8) is 0 Å². The molecule has 0 N–H and O–H groups in total. The molecule has 8 nitrogen and oxygen atoms in total. The van der Waals surface area contributed by atoms with Crippen LogP contribution in [0.2, 0.25) is 0 Å². The summed E-state index contributed by atoms with van der Waals surface area (Å²) in [6.45, 7) is 3.45. The number of amides is 2. The quantitative estimate of drug-likeness (QED) is 0.220. The fraction of sp³-hybridized carbons (Fsp3) is 0.143. The van der Waals surface area contributed by atoms with E-state index in [1.807, 2.05) is 6.07 Å². The number of hydrogen-bond acceptors (Lipinski definition) is 7. The lowest BCUT2D eigenvalue weighted by Crippen LogP contribution is -2.49. The van der Waals surface area contributed by atoms with Crippen LogP contribution in [0.4, 0.5) is 0 Å². The Morgan fingerprint density at radius 3 is 2.11 bits per heavy atom. The minimum Gasteiger partial charge on any atom is -0.460 e. The van der Waals surface area contributed by atoms with Gasteiger partial charge in [0, 0.05) is 6.07 Å². The molecule has 0 saturated heterocycles. The Morgan fingerprint density at radius 2 is 1.47 bits per heavy atom. The van der Waals surface area contributed by atoms with E-state index in [2.05, 4.69) is 0 Å². The van der Waals surface area contributed by atoms with Gasteiger partial charge in [-0.3, -0.25) is 19.3 Å². The second-order valence-electron chi connectivity index (χ2n) is 8.64. The summed E-state index contributed by atoms with van der Waals surface area (Å²) < 4.78 is 16.7. The fourth-order valence-electron chi connectivity index (χ4n) is 4.15. The van der Waals surface area contributed by atoms with E-state index >= 15 is 0 Å². The van der Waals surface area contributed by atoms with Gasteiger partial charge in [-0.1, -0.05) is 44.2 Å². The number of rotatable bonds is 6. The topological polar surface area (TPSA) is 103 Å². The Hall–Kier alpha value is -4.72. The Bertz CT molecular complexity index is 1520. The lowest BCUT2D eigenvalue weighted by atomic mass is 10.0. The average molecular weight is 483 g/mol. The summed E-state index contributed by atoms with van der Waals surface area (Å²) in [4.78, 5) is 52.8. The highest BCUT2D eigenvalue weighted by atomic mass is 16.5. The van der Waals surface area contributed by atoms with Crippen LogP contribution in [0.5, 0.6) is 17.2 Å². The summed E-state index contributed by atoms with van der Waals surface area (Å²) in [5.74, 6) is -1.65. The number of esters is 1. The molecule has 2 heterocycles. The van der Waals surface area contributed by atoms with Crippen molar-refractivity contribution >= 4 is 28.8 Å². The molecule has 8 heteroatoms. The Balaban J connectivity index is 1.40. The van der Waals surface area contributed by atoms with Crippen LogP contribution in [0.1, 0.15) is 34.6 Å². The molecule has 0 bridgehead atoms. The number of para-hydroxylation sites is 1. The van der Waals surface area contributed by atoms with Gasteiger partial charge < -0.3 is 13.9 Å². The SMILES string of the molecule is CC(C)C(C(=O)Oc1ccc2c(=O)c(Oc3ccccc3)coc2c1)N1C(=O)c2ccccc2C1=O. The Kier molecular flexibility index (Phi) is 5.85. The zero-order valence-electron chi connectivity index (χ0n) is 19.5. The van der Waals surface area contributed by atoms with Crippen LogP contribution in [0.15, 0.2) is 88.3 Å². The molecule has 2 amide bonds. The molecule has 1 unspecified atom stereocenters. The van der Waals surface area contributed by atoms with Gasteiger partial charge in [0.25, 0.3) is 11.8 Å². The summed E-state index contributed by atoms with van der Waals surface area (Å²) in [6.07, 6.45) is 1.19. The number of ether oxygens (including phenoxy) is 2. The minimum absolute atomic E-state index is 0.0175. The van der Waals surface area contributed by atoms with Crippen molar-refractivity contribution in [3.05, 3.63) is 100 Å². The van der Waals surface area contributed by atoms with Crippen LogP contribution < -0.4 is 14.9 Å². The smallest absolute Gasteiger partial charge is 0.335 e. The molecular formula is C28H21NO7. The zero-order chi connectivity index (χ0) is 25.4. The molecule has 0 aliphatic carbocycles. The molecule has 36 heavy (non-hydrogen) atoms. The second-order valence-corrected chi connectivity index (χ2v) is 8.64. The maximum absolute atomic E-state index is 13.2. The standard InChI is InChI=1S/C28H21NO7/c1-16(2)24(29-26(31)19-10-6-7-11-20(19)27(29)32)28(33)36-18-12-13-21-22(14-18)34-15-23(25(21)30)35-17-8-4-3-5-9-17/h3-16,24H,1-2H3. The number of nitrogens with zero attached hydrogens (tertiary/aromatic N) is 1. The highest BCUT2D eigenvalue weighted by molar-refractivity contribution is 6.22. The first kappa shape index (κ1) is 23.0. The van der Waals surface area contributed by atoms with Crippen LogP contribution in [-0.4, -0.2) is 28.7 Å². The lowest BCUT2D eigenvalue weighted by Gasteiger charge is -2.27. The summed E-state index contributed by atoms with van der Waals surface area (Å²) in [5.41, 5.74) is 0.306. The van der Waals surface area contributed by atoms with Gasteiger partial charge in [-0.05, 0) is 42.3 Å². The van der Waals surface area contributed by atoms with Crippen LogP contribution in [0, 0.1) is 5.92 Å². The van der Waals surface area contributed by atoms with Gasteiger partial charge in [-0.2, -0.15) is 0 Å². The third-order valence-electron chi connectivity index (χ3n) is 5.88. The van der Waals surface area contributed by atoms with E-state index in [1.165, 1.54) is 24.5 Å². The van der Waals surface area contributed by atoms with Crippen molar-refractivity contribution in [2.75, 3.05) is 0 Å². The molecule has 1 aliphatic rings. The first-order valence-electron chi connectivity index (χ1n) is 11.3. The van der Waals surface area contributed by atoms with Crippen molar-refractivity contribution in [1.29, 1.82) is 0 Å². The van der Waals surface area contributed by atoms with Gasteiger partial charge in [0.2, 0.25) is 11.2 Å². The van der Waals surface area contributed by atoms with Crippen molar-refractivity contribution in [1.82, 2.24) is 4.90 Å². The molecule has 0 fully saturated rings. The summed E-state index contributed by atoms with van der Waals surface area (Å²) in [7, 11) is 0. The monoisotopic (exact) mass is 483 g/mol. The van der Waals surface area contributed by atoms with E-state index in [4.69, 9.17) is 13.9 Å². The van der Waals surface area contributed by atoms with E-state index in [-0.39, 0.29) is 39.0 Å². The highest BCUT2D eigenvalue weighted by Gasteiger charge is 2.44. The van der Waals surface area contributed by atoms with Crippen molar-refractivity contribution in [3.8, 4) is 17.2 Å². The molecule has 0 spiro atoms. The number of hydrogen-bond donors (Lipinski definition) is 0. The summed E-state index contributed by atoms with van der Waals surface area (Å²) in [5, 5.41) is 0.240. The van der Waals surface area contributed by atoms with E-state index in [9.17, 15) is 19.2 Å². The third-order valence-corrected chi connectivity index (χ3v) is 5.88. The Labute approximate surface area is 205 Å². The summed E-state index contributed by atoms with van der Waals surface area (Å²) >= 11 is 0. The number of carbonyl (C=O) groups excluding carboxylic acids is 3. The first-order valence-corrected chi connectivity index (χ1v) is 11.3. The number of carbonyl (C=O) groups is 3. The molecule has 3 aromatic carbocycles. The summed E-state index contributed by atoms with van der Waals surface area (Å²) in [6, 6.07) is 18.4. The number of imide groups is 1. The maximum Gasteiger partial charge on any atom is 0.335 e. The molecule has 5 rings (SSSR count). The molecule has 0 saturated carbocycles. The molecule has 1 aliphatic heterocycles. The predicted molar refractivity (Wildman–Crippen MR) is 130 cm³/mol. The van der Waals surface area contributed by atoms with Gasteiger partial charge in [0.05, 0.1) is 16.5 Å². The second kappa shape index (κ2) is 9.14. The van der Waals surface area contributed by atoms with Crippen LogP contribution >= 0.6 is 0 Å². The highest BCUT2D eigenvalue weighted by Crippen LogP contribution is 2.29. The Morgan fingerprint density at radius 1 is 0.833 bits per heavy atom. The van der Waals surface area contributed by atoms with Gasteiger partial charge >= 0.3 is 5.97 Å².